The van der Waals surface area contributed by atoms with Crippen LogP contribution in [0.2, 0.25) is 0 Å². The number of methoxy groups -OCH3 is 1. The summed E-state index contributed by atoms with van der Waals surface area (Å²) in [6.45, 7) is 13.3. The summed E-state index contributed by atoms with van der Waals surface area (Å²) in [6, 6.07) is 0. The van der Waals surface area contributed by atoms with E-state index in [2.05, 4.69) is 29.2 Å². The van der Waals surface area contributed by atoms with Crippen molar-refractivity contribution in [2.45, 2.75) is 20.3 Å². The Hall–Kier alpha value is -2.41. The van der Waals surface area contributed by atoms with Crippen molar-refractivity contribution in [2.24, 2.45) is 5.73 Å². The predicted molar refractivity (Wildman–Crippen MR) is 83.7 cm³/mol. The number of hydrogen-bond donors (Lipinski definition) is 2. The lowest BCUT2D eigenvalue weighted by molar-refractivity contribution is -0.138. The quantitative estimate of drug-likeness (QED) is 0.427. The molecule has 0 aliphatic carbocycles. The Morgan fingerprint density at radius 1 is 1.18 bits per heavy atom. The highest BCUT2D eigenvalue weighted by molar-refractivity contribution is 5.90. The summed E-state index contributed by atoms with van der Waals surface area (Å²) < 4.78 is 8.79. The molecule has 0 atom stereocenters. The summed E-state index contributed by atoms with van der Waals surface area (Å²) in [5.41, 5.74) is 5.53. The van der Waals surface area contributed by atoms with E-state index in [1.54, 1.807) is 13.8 Å². The second-order valence-electron chi connectivity index (χ2n) is 3.87. The largest absolute Gasteiger partial charge is 0.466 e. The minimum atomic E-state index is -0.441. The van der Waals surface area contributed by atoms with Gasteiger partial charge < -0.3 is 20.3 Å². The molecule has 0 heterocycles. The van der Waals surface area contributed by atoms with Crippen molar-refractivity contribution in [3.63, 3.8) is 0 Å². The maximum absolute atomic E-state index is 10.3. The van der Waals surface area contributed by atoms with Crippen LogP contribution >= 0.6 is 0 Å². The summed E-state index contributed by atoms with van der Waals surface area (Å²) in [5.74, 6) is -1.22. The first kappa shape index (κ1) is 24.6. The molecule has 0 fully saturated rings. The van der Waals surface area contributed by atoms with Gasteiger partial charge in [-0.3, -0.25) is 4.79 Å². The van der Waals surface area contributed by atoms with Gasteiger partial charge in [-0.15, -0.1) is 0 Å². The molecule has 3 N–H and O–H groups in total. The van der Waals surface area contributed by atoms with Crippen LogP contribution in [0.3, 0.4) is 0 Å². The van der Waals surface area contributed by atoms with Crippen LogP contribution in [0.1, 0.15) is 20.3 Å². The summed E-state index contributed by atoms with van der Waals surface area (Å²) in [4.78, 5) is 30.3. The summed E-state index contributed by atoms with van der Waals surface area (Å²) in [6.07, 6.45) is 1.58. The zero-order valence-electron chi connectivity index (χ0n) is 13.4. The smallest absolute Gasteiger partial charge is 0.332 e. The van der Waals surface area contributed by atoms with E-state index in [1.165, 1.54) is 7.11 Å². The molecule has 0 saturated carbocycles. The van der Waals surface area contributed by atoms with Gasteiger partial charge in [-0.25, -0.2) is 9.59 Å². The van der Waals surface area contributed by atoms with Gasteiger partial charge in [0.25, 0.3) is 0 Å². The van der Waals surface area contributed by atoms with E-state index in [-0.39, 0.29) is 19.2 Å². The molecule has 0 spiro atoms. The molecule has 0 aromatic carbocycles. The van der Waals surface area contributed by atoms with Crippen LogP contribution in [-0.2, 0) is 23.9 Å². The molecule has 0 radical (unpaired) electrons. The van der Waals surface area contributed by atoms with E-state index >= 15 is 0 Å². The summed E-state index contributed by atoms with van der Waals surface area (Å²) in [5, 5.41) is 8.23. The molecule has 0 aliphatic heterocycles. The fourth-order valence-electron chi connectivity index (χ4n) is 0.470. The highest BCUT2D eigenvalue weighted by atomic mass is 16.5. The van der Waals surface area contributed by atoms with Crippen LogP contribution in [-0.4, -0.2) is 43.3 Å². The fourth-order valence-corrected chi connectivity index (χ4v) is 0.470. The second kappa shape index (κ2) is 16.6. The lowest BCUT2D eigenvalue weighted by atomic mass is 10.3. The first-order valence-electron chi connectivity index (χ1n) is 6.23. The molecule has 0 unspecified atom stereocenters. The van der Waals surface area contributed by atoms with Crippen molar-refractivity contribution in [2.75, 3.05) is 20.3 Å². The van der Waals surface area contributed by atoms with Gasteiger partial charge >= 0.3 is 11.9 Å². The zero-order valence-corrected chi connectivity index (χ0v) is 13.4. The number of carbonyl (C=O) groups excluding carboxylic acids is 3. The number of esters is 2. The monoisotopic (exact) mass is 315 g/mol. The third-order valence-corrected chi connectivity index (χ3v) is 1.67. The Morgan fingerprint density at radius 2 is 1.64 bits per heavy atom. The number of aliphatic hydroxyl groups excluding tert-OH is 1. The number of carbonyl (C=O) groups is 3. The fraction of sp³-hybridized carbons (Fsp3) is 0.400. The maximum Gasteiger partial charge on any atom is 0.332 e. The molecule has 7 nitrogen and oxygen atoms in total. The number of aliphatic hydroxyl groups is 1. The second-order valence-corrected chi connectivity index (χ2v) is 3.87. The molecule has 126 valence electrons. The first-order chi connectivity index (χ1) is 10.1. The Labute approximate surface area is 131 Å². The minimum absolute atomic E-state index is 0.0461. The van der Waals surface area contributed by atoms with E-state index in [0.717, 1.165) is 6.08 Å². The van der Waals surface area contributed by atoms with Gasteiger partial charge in [0.2, 0.25) is 5.91 Å². The summed E-state index contributed by atoms with van der Waals surface area (Å²) in [7, 11) is 1.33. The topological polar surface area (TPSA) is 116 Å². The molecule has 0 aromatic heterocycles. The van der Waals surface area contributed by atoms with E-state index in [9.17, 15) is 14.4 Å². The standard InChI is InChI=1S/C6H10O3.C5H8O2.C4H7NO/c1-2-6(8)9-5-3-4-7;1-4(2)5(6)7-3;1-3(2)4(5)6/h2,7H,1,3-5H2;1H2,2-3H3;1H2,2H3,(H2,5,6). The lowest BCUT2D eigenvalue weighted by Crippen LogP contribution is -2.10. The number of hydrogen-bond acceptors (Lipinski definition) is 6. The molecule has 7 heteroatoms. The minimum Gasteiger partial charge on any atom is -0.466 e. The molecule has 0 rings (SSSR count). The van der Waals surface area contributed by atoms with Gasteiger partial charge in [0.05, 0.1) is 13.7 Å². The van der Waals surface area contributed by atoms with Gasteiger partial charge in [-0.1, -0.05) is 19.7 Å². The average Bonchev–Trinajstić information content (AvgIpc) is 2.47. The van der Waals surface area contributed by atoms with Gasteiger partial charge in [-0.2, -0.15) is 0 Å². The first-order valence-corrected chi connectivity index (χ1v) is 6.23. The Kier molecular flexibility index (Phi) is 18.6. The maximum atomic E-state index is 10.3. The number of amides is 1. The van der Waals surface area contributed by atoms with Crippen LogP contribution in [0.25, 0.3) is 0 Å². The van der Waals surface area contributed by atoms with Crippen LogP contribution < -0.4 is 5.73 Å². The van der Waals surface area contributed by atoms with E-state index < -0.39 is 11.9 Å². The van der Waals surface area contributed by atoms with Gasteiger partial charge in [0.1, 0.15) is 0 Å². The van der Waals surface area contributed by atoms with E-state index in [1.807, 2.05) is 0 Å². The van der Waals surface area contributed by atoms with Crippen molar-refractivity contribution in [3.05, 3.63) is 37.0 Å². The molecule has 0 saturated heterocycles. The zero-order chi connectivity index (χ0) is 18.1. The van der Waals surface area contributed by atoms with E-state index in [0.29, 0.717) is 17.6 Å². The third kappa shape index (κ3) is 22.7. The van der Waals surface area contributed by atoms with Crippen LogP contribution in [0.15, 0.2) is 37.0 Å². The van der Waals surface area contributed by atoms with Gasteiger partial charge in [0.15, 0.2) is 0 Å². The molecule has 0 aliphatic rings. The average molecular weight is 315 g/mol. The van der Waals surface area contributed by atoms with Crippen LogP contribution in [0, 0.1) is 0 Å². The molecular formula is C15H25NO6. The molecule has 22 heavy (non-hydrogen) atoms. The number of nitrogens with two attached hydrogens (primary N) is 1. The van der Waals surface area contributed by atoms with Gasteiger partial charge in [0, 0.05) is 30.2 Å². The Morgan fingerprint density at radius 3 is 1.82 bits per heavy atom. The Bertz CT molecular complexity index is 389. The Balaban J connectivity index is -0.000000252. The molecule has 0 bridgehead atoms. The molecule has 1 amide bonds. The lowest BCUT2D eigenvalue weighted by Gasteiger charge is -1.96. The SMILES string of the molecule is C=C(C)C(=O)OC.C=C(C)C(N)=O.C=CC(=O)OCCCO. The van der Waals surface area contributed by atoms with Crippen LogP contribution in [0.4, 0.5) is 0 Å². The van der Waals surface area contributed by atoms with Crippen molar-refractivity contribution in [1.29, 1.82) is 0 Å². The van der Waals surface area contributed by atoms with Crippen molar-refractivity contribution < 1.29 is 29.0 Å². The highest BCUT2D eigenvalue weighted by Crippen LogP contribution is 1.87. The van der Waals surface area contributed by atoms with Crippen molar-refractivity contribution >= 4 is 17.8 Å². The van der Waals surface area contributed by atoms with Crippen LogP contribution in [0.5, 0.6) is 0 Å². The third-order valence-electron chi connectivity index (χ3n) is 1.67. The molecular weight excluding hydrogens is 290 g/mol. The van der Waals surface area contributed by atoms with Gasteiger partial charge in [-0.05, 0) is 13.8 Å². The van der Waals surface area contributed by atoms with Crippen molar-refractivity contribution in [3.8, 4) is 0 Å². The highest BCUT2D eigenvalue weighted by Gasteiger charge is 1.95. The van der Waals surface area contributed by atoms with E-state index in [4.69, 9.17) is 10.8 Å². The van der Waals surface area contributed by atoms with Crippen molar-refractivity contribution in [1.82, 2.24) is 0 Å². The predicted octanol–water partition coefficient (Wildman–Crippen LogP) is 0.881. The summed E-state index contributed by atoms with van der Waals surface area (Å²) >= 11 is 0. The number of rotatable bonds is 6. The molecule has 0 aromatic rings. The number of primary amides is 1. The number of ether oxygens (including phenoxy) is 2. The normalized spacial score (nSPS) is 8.00.